The van der Waals surface area contributed by atoms with Crippen LogP contribution in [0.4, 0.5) is 0 Å². The van der Waals surface area contributed by atoms with Crippen LogP contribution < -0.4 is 9.47 Å². The summed E-state index contributed by atoms with van der Waals surface area (Å²) in [5, 5.41) is 0.487. The first-order valence-corrected chi connectivity index (χ1v) is 12.6. The fourth-order valence-corrected chi connectivity index (χ4v) is 5.83. The van der Waals surface area contributed by atoms with Crippen molar-refractivity contribution >= 4 is 38.9 Å². The maximum Gasteiger partial charge on any atom is 0.254 e. The first-order valence-electron chi connectivity index (χ1n) is 10.00. The van der Waals surface area contributed by atoms with Crippen LogP contribution in [0.5, 0.6) is 11.5 Å². The van der Waals surface area contributed by atoms with E-state index >= 15 is 0 Å². The molecular weight excluding hydrogens is 461 g/mol. The van der Waals surface area contributed by atoms with E-state index in [0.717, 1.165) is 12.0 Å². The van der Waals surface area contributed by atoms with Gasteiger partial charge >= 0.3 is 0 Å². The number of ether oxygens (including phenoxy) is 2. The van der Waals surface area contributed by atoms with Crippen LogP contribution in [0.15, 0.2) is 36.4 Å². The minimum Gasteiger partial charge on any atom is -0.497 e. The molecule has 0 saturated carbocycles. The van der Waals surface area contributed by atoms with Gasteiger partial charge in [0.2, 0.25) is 0 Å². The average molecular weight is 486 g/mol. The largest absolute Gasteiger partial charge is 0.497 e. The zero-order chi connectivity index (χ0) is 22.6. The van der Waals surface area contributed by atoms with E-state index in [1.807, 2.05) is 19.1 Å². The van der Waals surface area contributed by atoms with Crippen molar-refractivity contribution in [3.05, 3.63) is 57.6 Å². The van der Waals surface area contributed by atoms with Crippen LogP contribution in [-0.2, 0) is 16.4 Å². The fourth-order valence-electron chi connectivity index (χ4n) is 3.51. The van der Waals surface area contributed by atoms with E-state index in [2.05, 4.69) is 0 Å². The second-order valence-corrected chi connectivity index (χ2v) is 10.5. The van der Waals surface area contributed by atoms with Gasteiger partial charge in [0.25, 0.3) is 5.91 Å². The van der Waals surface area contributed by atoms with E-state index in [0.29, 0.717) is 24.5 Å². The molecule has 1 amide bonds. The molecule has 6 nitrogen and oxygen atoms in total. The van der Waals surface area contributed by atoms with Crippen LogP contribution >= 0.6 is 23.2 Å². The second-order valence-electron chi connectivity index (χ2n) is 7.46. The Hall–Kier alpha value is -1.96. The van der Waals surface area contributed by atoms with Crippen LogP contribution in [-0.4, -0.2) is 50.5 Å². The van der Waals surface area contributed by atoms with Crippen molar-refractivity contribution in [3.8, 4) is 11.5 Å². The van der Waals surface area contributed by atoms with Gasteiger partial charge in [-0.1, -0.05) is 42.3 Å². The lowest BCUT2D eigenvalue weighted by atomic mass is 10.1. The minimum absolute atomic E-state index is 0.0615. The van der Waals surface area contributed by atoms with Gasteiger partial charge in [0.15, 0.2) is 15.6 Å². The Labute approximate surface area is 193 Å². The zero-order valence-corrected chi connectivity index (χ0v) is 19.8. The van der Waals surface area contributed by atoms with Crippen molar-refractivity contribution < 1.29 is 22.7 Å². The number of carbonyl (C=O) groups is 1. The molecule has 1 atom stereocenters. The van der Waals surface area contributed by atoms with E-state index < -0.39 is 15.9 Å². The summed E-state index contributed by atoms with van der Waals surface area (Å²) in [4.78, 5) is 15.0. The topological polar surface area (TPSA) is 72.9 Å². The summed E-state index contributed by atoms with van der Waals surface area (Å²) in [6.45, 7) is 2.68. The third-order valence-corrected chi connectivity index (χ3v) is 7.43. The summed E-state index contributed by atoms with van der Waals surface area (Å²) in [5.41, 5.74) is 1.15. The molecule has 1 heterocycles. The Morgan fingerprint density at radius 1 is 1.16 bits per heavy atom. The van der Waals surface area contributed by atoms with Gasteiger partial charge in [-0.25, -0.2) is 8.42 Å². The Bertz CT molecular complexity index is 1020. The summed E-state index contributed by atoms with van der Waals surface area (Å²) in [6.07, 6.45) is 1.18. The number of amides is 1. The predicted molar refractivity (Wildman–Crippen MR) is 122 cm³/mol. The lowest BCUT2D eigenvalue weighted by Gasteiger charge is -2.29. The van der Waals surface area contributed by atoms with E-state index in [1.54, 1.807) is 24.1 Å². The van der Waals surface area contributed by atoms with E-state index in [-0.39, 0.29) is 39.6 Å². The van der Waals surface area contributed by atoms with E-state index in [4.69, 9.17) is 32.7 Å². The third-order valence-electron chi connectivity index (χ3n) is 5.12. The van der Waals surface area contributed by atoms with Crippen molar-refractivity contribution in [1.82, 2.24) is 4.90 Å². The van der Waals surface area contributed by atoms with Gasteiger partial charge in [-0.3, -0.25) is 4.79 Å². The van der Waals surface area contributed by atoms with Gasteiger partial charge < -0.3 is 14.4 Å². The summed E-state index contributed by atoms with van der Waals surface area (Å²) < 4.78 is 34.9. The smallest absolute Gasteiger partial charge is 0.254 e. The number of sulfone groups is 1. The van der Waals surface area contributed by atoms with Crippen molar-refractivity contribution in [1.29, 1.82) is 0 Å². The van der Waals surface area contributed by atoms with Gasteiger partial charge in [-0.15, -0.1) is 0 Å². The summed E-state index contributed by atoms with van der Waals surface area (Å²) in [5.74, 6) is 0.714. The van der Waals surface area contributed by atoms with Crippen molar-refractivity contribution in [2.24, 2.45) is 0 Å². The first kappa shape index (κ1) is 23.7. The van der Waals surface area contributed by atoms with Crippen molar-refractivity contribution in [2.75, 3.05) is 25.2 Å². The maximum atomic E-state index is 13.4. The Morgan fingerprint density at radius 3 is 2.32 bits per heavy atom. The number of benzene rings is 2. The molecule has 3 rings (SSSR count). The Kier molecular flexibility index (Phi) is 7.73. The highest BCUT2D eigenvalue weighted by molar-refractivity contribution is 7.91. The molecule has 1 saturated heterocycles. The monoisotopic (exact) mass is 485 g/mol. The third kappa shape index (κ3) is 5.84. The maximum absolute atomic E-state index is 13.4. The first-order chi connectivity index (χ1) is 14.7. The molecule has 0 bridgehead atoms. The molecular formula is C22H25Cl2NO5S. The molecule has 0 spiro atoms. The van der Waals surface area contributed by atoms with Crippen LogP contribution in [0.1, 0.15) is 35.7 Å². The second kappa shape index (κ2) is 10.1. The molecule has 0 N–H and O–H groups in total. The molecule has 1 fully saturated rings. The zero-order valence-electron chi connectivity index (χ0n) is 17.4. The quantitative estimate of drug-likeness (QED) is 0.545. The molecule has 9 heteroatoms. The highest BCUT2D eigenvalue weighted by atomic mass is 35.5. The Morgan fingerprint density at radius 2 is 1.81 bits per heavy atom. The van der Waals surface area contributed by atoms with Gasteiger partial charge in [-0.05, 0) is 42.7 Å². The number of halogens is 2. The molecule has 31 heavy (non-hydrogen) atoms. The fraction of sp³-hybridized carbons (Fsp3) is 0.409. The van der Waals surface area contributed by atoms with Gasteiger partial charge in [0.05, 0.1) is 35.3 Å². The van der Waals surface area contributed by atoms with Gasteiger partial charge in [-0.2, -0.15) is 0 Å². The van der Waals surface area contributed by atoms with Crippen LogP contribution in [0.3, 0.4) is 0 Å². The lowest BCUT2D eigenvalue weighted by molar-refractivity contribution is 0.0681. The van der Waals surface area contributed by atoms with Crippen LogP contribution in [0, 0.1) is 0 Å². The normalized spacial score (nSPS) is 17.4. The molecule has 0 radical (unpaired) electrons. The standard InChI is InChI=1S/C22H25Cl2NO5S/c1-3-9-30-21-19(23)11-16(12-20(21)24)22(26)25(17-8-10-31(27,28)14-17)13-15-4-6-18(29-2)7-5-15/h4-7,11-12,17H,3,8-10,13-14H2,1-2H3. The minimum atomic E-state index is -3.18. The predicted octanol–water partition coefficient (Wildman–Crippen LogP) is 4.62. The van der Waals surface area contributed by atoms with Crippen LogP contribution in [0.25, 0.3) is 0 Å². The highest BCUT2D eigenvalue weighted by Crippen LogP contribution is 2.35. The molecule has 2 aromatic carbocycles. The van der Waals surface area contributed by atoms with Gasteiger partial charge in [0, 0.05) is 18.2 Å². The molecule has 2 aromatic rings. The molecule has 0 aliphatic carbocycles. The van der Waals surface area contributed by atoms with Crippen LogP contribution in [0.2, 0.25) is 10.0 Å². The number of nitrogens with zero attached hydrogens (tertiary/aromatic N) is 1. The number of hydrogen-bond acceptors (Lipinski definition) is 5. The highest BCUT2D eigenvalue weighted by Gasteiger charge is 2.35. The number of hydrogen-bond donors (Lipinski definition) is 0. The van der Waals surface area contributed by atoms with E-state index in [1.165, 1.54) is 12.1 Å². The SMILES string of the molecule is CCCOc1c(Cl)cc(C(=O)N(Cc2ccc(OC)cc2)C2CCS(=O)(=O)C2)cc1Cl. The number of rotatable bonds is 8. The molecule has 1 unspecified atom stereocenters. The average Bonchev–Trinajstić information content (AvgIpc) is 3.10. The molecule has 1 aliphatic rings. The van der Waals surface area contributed by atoms with Gasteiger partial charge in [0.1, 0.15) is 5.75 Å². The van der Waals surface area contributed by atoms with E-state index in [9.17, 15) is 13.2 Å². The van der Waals surface area contributed by atoms with Crippen molar-refractivity contribution in [3.63, 3.8) is 0 Å². The summed E-state index contributed by atoms with van der Waals surface area (Å²) in [6, 6.07) is 9.92. The van der Waals surface area contributed by atoms with Crippen molar-refractivity contribution in [2.45, 2.75) is 32.4 Å². The lowest BCUT2D eigenvalue weighted by Crippen LogP contribution is -2.40. The Balaban J connectivity index is 1.91. The summed E-state index contributed by atoms with van der Waals surface area (Å²) >= 11 is 12.7. The number of methoxy groups -OCH3 is 1. The molecule has 1 aliphatic heterocycles. The summed E-state index contributed by atoms with van der Waals surface area (Å²) in [7, 11) is -1.60. The molecule has 0 aromatic heterocycles. The molecule has 168 valence electrons. The number of carbonyl (C=O) groups excluding carboxylic acids is 1.